The van der Waals surface area contributed by atoms with E-state index in [1.165, 1.54) is 11.3 Å². The summed E-state index contributed by atoms with van der Waals surface area (Å²) in [6.45, 7) is 0.819. The first kappa shape index (κ1) is 16.2. The number of thiophene rings is 1. The Hall–Kier alpha value is -2.18. The lowest BCUT2D eigenvalue weighted by Gasteiger charge is -2.18. The first-order valence-corrected chi connectivity index (χ1v) is 7.76. The molecule has 1 aromatic carbocycles. The lowest BCUT2D eigenvalue weighted by Crippen LogP contribution is -2.41. The van der Waals surface area contributed by atoms with Crippen molar-refractivity contribution in [3.05, 3.63) is 58.3 Å². The van der Waals surface area contributed by atoms with Gasteiger partial charge in [0.2, 0.25) is 5.91 Å². The van der Waals surface area contributed by atoms with Crippen LogP contribution >= 0.6 is 11.3 Å². The summed E-state index contributed by atoms with van der Waals surface area (Å²) < 4.78 is 4.92. The van der Waals surface area contributed by atoms with Gasteiger partial charge in [-0.1, -0.05) is 36.4 Å². The van der Waals surface area contributed by atoms with E-state index in [0.717, 1.165) is 5.56 Å². The Labute approximate surface area is 133 Å². The molecule has 2 amide bonds. The number of hydrogen-bond acceptors (Lipinski definition) is 4. The van der Waals surface area contributed by atoms with Gasteiger partial charge in [-0.05, 0) is 17.0 Å². The highest BCUT2D eigenvalue weighted by atomic mass is 32.1. The Balaban J connectivity index is 2.11. The molecule has 1 aromatic heterocycles. The van der Waals surface area contributed by atoms with Crippen LogP contribution in [-0.2, 0) is 9.53 Å². The average molecular weight is 318 g/mol. The fraction of sp³-hybridized carbons (Fsp3) is 0.250. The molecule has 1 heterocycles. The fourth-order valence-corrected chi connectivity index (χ4v) is 2.56. The van der Waals surface area contributed by atoms with Crippen LogP contribution in [0.1, 0.15) is 21.3 Å². The summed E-state index contributed by atoms with van der Waals surface area (Å²) in [6.07, 6.45) is 0. The first-order valence-electron chi connectivity index (χ1n) is 6.88. The van der Waals surface area contributed by atoms with E-state index in [-0.39, 0.29) is 11.8 Å². The topological polar surface area (TPSA) is 67.4 Å². The third kappa shape index (κ3) is 4.41. The van der Waals surface area contributed by atoms with Crippen LogP contribution in [0.5, 0.6) is 0 Å². The van der Waals surface area contributed by atoms with Gasteiger partial charge in [0.15, 0.2) is 0 Å². The summed E-state index contributed by atoms with van der Waals surface area (Å²) in [5, 5.41) is 7.36. The molecule has 2 rings (SSSR count). The maximum absolute atomic E-state index is 12.3. The normalized spacial score (nSPS) is 11.7. The van der Waals surface area contributed by atoms with Crippen molar-refractivity contribution in [3.8, 4) is 0 Å². The number of carbonyl (C=O) groups excluding carboxylic acids is 2. The minimum absolute atomic E-state index is 0.256. The van der Waals surface area contributed by atoms with Crippen molar-refractivity contribution in [2.24, 2.45) is 0 Å². The van der Waals surface area contributed by atoms with Crippen LogP contribution < -0.4 is 10.6 Å². The molecule has 0 saturated heterocycles. The highest BCUT2D eigenvalue weighted by Gasteiger charge is 2.23. The highest BCUT2D eigenvalue weighted by Crippen LogP contribution is 2.15. The second-order valence-electron chi connectivity index (χ2n) is 4.58. The van der Waals surface area contributed by atoms with E-state index in [1.807, 2.05) is 35.7 Å². The van der Waals surface area contributed by atoms with E-state index >= 15 is 0 Å². The molecule has 0 aliphatic rings. The SMILES string of the molecule is COCCNC(=O)[C@H](NC(=O)c1cccs1)c1ccccc1. The Bertz CT molecular complexity index is 599. The lowest BCUT2D eigenvalue weighted by atomic mass is 10.1. The van der Waals surface area contributed by atoms with Gasteiger partial charge >= 0.3 is 0 Å². The predicted molar refractivity (Wildman–Crippen MR) is 85.9 cm³/mol. The minimum Gasteiger partial charge on any atom is -0.383 e. The molecule has 0 fully saturated rings. The van der Waals surface area contributed by atoms with Gasteiger partial charge in [-0.3, -0.25) is 9.59 Å². The smallest absolute Gasteiger partial charge is 0.262 e. The van der Waals surface area contributed by atoms with Gasteiger partial charge in [0.1, 0.15) is 6.04 Å². The van der Waals surface area contributed by atoms with Crippen molar-refractivity contribution in [3.63, 3.8) is 0 Å². The van der Waals surface area contributed by atoms with Crippen LogP contribution in [0.3, 0.4) is 0 Å². The number of methoxy groups -OCH3 is 1. The Morgan fingerprint density at radius 3 is 2.59 bits per heavy atom. The quantitative estimate of drug-likeness (QED) is 0.767. The van der Waals surface area contributed by atoms with Crippen LogP contribution in [0.2, 0.25) is 0 Å². The zero-order chi connectivity index (χ0) is 15.8. The van der Waals surface area contributed by atoms with Crippen molar-refractivity contribution in [2.45, 2.75) is 6.04 Å². The molecule has 0 bridgehead atoms. The highest BCUT2D eigenvalue weighted by molar-refractivity contribution is 7.12. The van der Waals surface area contributed by atoms with Crippen LogP contribution in [0.25, 0.3) is 0 Å². The van der Waals surface area contributed by atoms with E-state index < -0.39 is 6.04 Å². The molecule has 0 aliphatic carbocycles. The molecule has 6 heteroatoms. The monoisotopic (exact) mass is 318 g/mol. The number of nitrogens with one attached hydrogen (secondary N) is 2. The van der Waals surface area contributed by atoms with Gasteiger partial charge < -0.3 is 15.4 Å². The van der Waals surface area contributed by atoms with Crippen LogP contribution in [-0.4, -0.2) is 32.1 Å². The number of carbonyl (C=O) groups is 2. The summed E-state index contributed by atoms with van der Waals surface area (Å²) in [7, 11) is 1.57. The second-order valence-corrected chi connectivity index (χ2v) is 5.53. The van der Waals surface area contributed by atoms with Gasteiger partial charge in [-0.2, -0.15) is 0 Å². The average Bonchev–Trinajstić information content (AvgIpc) is 3.08. The molecule has 2 N–H and O–H groups in total. The molecular weight excluding hydrogens is 300 g/mol. The Morgan fingerprint density at radius 2 is 1.95 bits per heavy atom. The second kappa shape index (κ2) is 8.31. The van der Waals surface area contributed by atoms with Gasteiger partial charge in [-0.15, -0.1) is 11.3 Å². The van der Waals surface area contributed by atoms with Crippen molar-refractivity contribution in [2.75, 3.05) is 20.3 Å². The molecular formula is C16H18N2O3S. The number of amides is 2. The van der Waals surface area contributed by atoms with Crippen LogP contribution in [0.4, 0.5) is 0 Å². The fourth-order valence-electron chi connectivity index (χ4n) is 1.93. The van der Waals surface area contributed by atoms with Gasteiger partial charge in [0.05, 0.1) is 11.5 Å². The molecule has 5 nitrogen and oxygen atoms in total. The van der Waals surface area contributed by atoms with Crippen molar-refractivity contribution in [1.82, 2.24) is 10.6 Å². The zero-order valence-corrected chi connectivity index (χ0v) is 13.1. The van der Waals surface area contributed by atoms with Crippen LogP contribution in [0.15, 0.2) is 47.8 Å². The van der Waals surface area contributed by atoms with Gasteiger partial charge in [-0.25, -0.2) is 0 Å². The van der Waals surface area contributed by atoms with Crippen LogP contribution in [0, 0.1) is 0 Å². The third-order valence-corrected chi connectivity index (χ3v) is 3.89. The van der Waals surface area contributed by atoms with Crippen molar-refractivity contribution < 1.29 is 14.3 Å². The number of hydrogen-bond donors (Lipinski definition) is 2. The predicted octanol–water partition coefficient (Wildman–Crippen LogP) is 1.98. The Morgan fingerprint density at radius 1 is 1.18 bits per heavy atom. The van der Waals surface area contributed by atoms with Crippen molar-refractivity contribution >= 4 is 23.2 Å². The van der Waals surface area contributed by atoms with E-state index in [0.29, 0.717) is 18.0 Å². The summed E-state index contributed by atoms with van der Waals surface area (Å²) in [5.74, 6) is -0.515. The maximum atomic E-state index is 12.3. The Kier molecular flexibility index (Phi) is 6.12. The van der Waals surface area contributed by atoms with Gasteiger partial charge in [0, 0.05) is 13.7 Å². The molecule has 0 saturated carbocycles. The standard InChI is InChI=1S/C16H18N2O3S/c1-21-10-9-17-16(20)14(12-6-3-2-4-7-12)18-15(19)13-8-5-11-22-13/h2-8,11,14H,9-10H2,1H3,(H,17,20)(H,18,19)/t14-/m1/s1. The maximum Gasteiger partial charge on any atom is 0.262 e. The summed E-state index contributed by atoms with van der Waals surface area (Å²) >= 11 is 1.34. The molecule has 2 aromatic rings. The minimum atomic E-state index is -0.729. The van der Waals surface area contributed by atoms with E-state index in [2.05, 4.69) is 10.6 Å². The van der Waals surface area contributed by atoms with Crippen molar-refractivity contribution in [1.29, 1.82) is 0 Å². The zero-order valence-electron chi connectivity index (χ0n) is 12.2. The molecule has 0 spiro atoms. The number of rotatable bonds is 7. The summed E-state index contributed by atoms with van der Waals surface area (Å²) in [4.78, 5) is 25.1. The third-order valence-electron chi connectivity index (χ3n) is 3.02. The molecule has 0 unspecified atom stereocenters. The molecule has 116 valence electrons. The summed E-state index contributed by atoms with van der Waals surface area (Å²) in [6, 6.07) is 12.0. The molecule has 0 aliphatic heterocycles. The lowest BCUT2D eigenvalue weighted by molar-refractivity contribution is -0.123. The first-order chi connectivity index (χ1) is 10.7. The van der Waals surface area contributed by atoms with E-state index in [9.17, 15) is 9.59 Å². The van der Waals surface area contributed by atoms with E-state index in [4.69, 9.17) is 4.74 Å². The summed E-state index contributed by atoms with van der Waals surface area (Å²) in [5.41, 5.74) is 0.738. The molecule has 0 radical (unpaired) electrons. The molecule has 1 atom stereocenters. The number of ether oxygens (including phenoxy) is 1. The van der Waals surface area contributed by atoms with E-state index in [1.54, 1.807) is 19.2 Å². The largest absolute Gasteiger partial charge is 0.383 e. The molecule has 22 heavy (non-hydrogen) atoms. The van der Waals surface area contributed by atoms with Gasteiger partial charge in [0.25, 0.3) is 5.91 Å². The number of benzene rings is 1.